The summed E-state index contributed by atoms with van der Waals surface area (Å²) in [4.78, 5) is 3.33. The molecule has 1 N–H and O–H groups in total. The second kappa shape index (κ2) is 5.84. The highest BCUT2D eigenvalue weighted by Crippen LogP contribution is 2.27. The highest BCUT2D eigenvalue weighted by Gasteiger charge is 2.03. The Kier molecular flexibility index (Phi) is 3.91. The number of fused-ring (bicyclic) bond motifs is 1. The minimum absolute atomic E-state index is 0.636. The van der Waals surface area contributed by atoms with Crippen LogP contribution in [-0.2, 0) is 0 Å². The van der Waals surface area contributed by atoms with Crippen LogP contribution in [0.4, 0.5) is 0 Å². The number of methoxy groups -OCH3 is 1. The quantitative estimate of drug-likeness (QED) is 0.663. The minimum atomic E-state index is 0.636. The monoisotopic (exact) mass is 317 g/mol. The topological polar surface area (TPSA) is 25.0 Å². The molecule has 0 saturated heterocycles. The van der Waals surface area contributed by atoms with Gasteiger partial charge in [-0.2, -0.15) is 0 Å². The number of nitrogens with one attached hydrogen (secondary N) is 1. The highest BCUT2D eigenvalue weighted by atomic mass is 35.5. The maximum Gasteiger partial charge on any atom is 0.119 e. The Labute approximate surface area is 133 Å². The smallest absolute Gasteiger partial charge is 0.119 e. The van der Waals surface area contributed by atoms with E-state index in [4.69, 9.17) is 27.9 Å². The summed E-state index contributed by atoms with van der Waals surface area (Å²) in [5, 5.41) is 2.37. The molecule has 0 saturated carbocycles. The van der Waals surface area contributed by atoms with Crippen molar-refractivity contribution in [2.24, 2.45) is 0 Å². The molecule has 0 bridgehead atoms. The fourth-order valence-electron chi connectivity index (χ4n) is 2.19. The van der Waals surface area contributed by atoms with Crippen LogP contribution in [-0.4, -0.2) is 12.1 Å². The van der Waals surface area contributed by atoms with E-state index in [1.807, 2.05) is 48.6 Å². The molecule has 106 valence electrons. The zero-order valence-electron chi connectivity index (χ0n) is 11.4. The van der Waals surface area contributed by atoms with Crippen molar-refractivity contribution in [2.45, 2.75) is 0 Å². The van der Waals surface area contributed by atoms with Gasteiger partial charge in [0, 0.05) is 32.2 Å². The molecule has 4 heteroatoms. The van der Waals surface area contributed by atoms with E-state index in [1.54, 1.807) is 7.11 Å². The molecule has 0 aliphatic carbocycles. The van der Waals surface area contributed by atoms with E-state index < -0.39 is 0 Å². The summed E-state index contributed by atoms with van der Waals surface area (Å²) in [5.74, 6) is 0.839. The first-order chi connectivity index (χ1) is 10.2. The molecule has 0 radical (unpaired) electrons. The van der Waals surface area contributed by atoms with Gasteiger partial charge in [-0.15, -0.1) is 0 Å². The predicted octanol–water partition coefficient (Wildman–Crippen LogP) is 5.65. The molecule has 2 aromatic carbocycles. The second-order valence-electron chi connectivity index (χ2n) is 4.65. The zero-order chi connectivity index (χ0) is 14.8. The number of halogens is 2. The van der Waals surface area contributed by atoms with Crippen molar-refractivity contribution in [2.75, 3.05) is 7.11 Å². The third-order valence-corrected chi connectivity index (χ3v) is 3.94. The lowest BCUT2D eigenvalue weighted by Crippen LogP contribution is -1.80. The van der Waals surface area contributed by atoms with Crippen molar-refractivity contribution in [1.29, 1.82) is 0 Å². The van der Waals surface area contributed by atoms with Gasteiger partial charge in [0.05, 0.1) is 7.11 Å². The van der Waals surface area contributed by atoms with E-state index in [1.165, 1.54) is 0 Å². The van der Waals surface area contributed by atoms with E-state index >= 15 is 0 Å². The second-order valence-corrected chi connectivity index (χ2v) is 5.46. The summed E-state index contributed by atoms with van der Waals surface area (Å²) in [5.41, 5.74) is 2.85. The highest BCUT2D eigenvalue weighted by molar-refractivity contribution is 6.37. The first-order valence-corrected chi connectivity index (χ1v) is 7.22. The van der Waals surface area contributed by atoms with Crippen LogP contribution >= 0.6 is 23.2 Å². The van der Waals surface area contributed by atoms with E-state index in [-0.39, 0.29) is 0 Å². The van der Waals surface area contributed by atoms with Crippen LogP contribution in [0.5, 0.6) is 5.75 Å². The van der Waals surface area contributed by atoms with Gasteiger partial charge in [-0.1, -0.05) is 29.3 Å². The third-order valence-electron chi connectivity index (χ3n) is 3.28. The van der Waals surface area contributed by atoms with Crippen LogP contribution in [0, 0.1) is 0 Å². The summed E-state index contributed by atoms with van der Waals surface area (Å²) in [6.45, 7) is 0. The summed E-state index contributed by atoms with van der Waals surface area (Å²) in [6.07, 6.45) is 3.87. The van der Waals surface area contributed by atoms with Gasteiger partial charge in [-0.3, -0.25) is 0 Å². The fourth-order valence-corrected chi connectivity index (χ4v) is 2.72. The average molecular weight is 318 g/mol. The van der Waals surface area contributed by atoms with Gasteiger partial charge < -0.3 is 9.72 Å². The Balaban J connectivity index is 1.96. The van der Waals surface area contributed by atoms with Crippen molar-refractivity contribution in [3.63, 3.8) is 0 Å². The average Bonchev–Trinajstić information content (AvgIpc) is 2.88. The van der Waals surface area contributed by atoms with Crippen LogP contribution in [0.3, 0.4) is 0 Å². The zero-order valence-corrected chi connectivity index (χ0v) is 12.9. The Morgan fingerprint density at radius 3 is 2.48 bits per heavy atom. The molecule has 21 heavy (non-hydrogen) atoms. The molecular formula is C17H13Cl2NO. The molecule has 1 heterocycles. The van der Waals surface area contributed by atoms with Crippen LogP contribution in [0.15, 0.2) is 42.5 Å². The molecular weight excluding hydrogens is 305 g/mol. The Bertz CT molecular complexity index is 801. The fraction of sp³-hybridized carbons (Fsp3) is 0.0588. The lowest BCUT2D eigenvalue weighted by Gasteiger charge is -2.00. The number of H-pyrrole nitrogens is 1. The number of rotatable bonds is 3. The normalized spacial score (nSPS) is 11.4. The van der Waals surface area contributed by atoms with Gasteiger partial charge in [-0.05, 0) is 48.6 Å². The maximum atomic E-state index is 6.15. The van der Waals surface area contributed by atoms with Crippen molar-refractivity contribution in [3.05, 3.63) is 63.8 Å². The summed E-state index contributed by atoms with van der Waals surface area (Å²) < 4.78 is 5.23. The van der Waals surface area contributed by atoms with Gasteiger partial charge >= 0.3 is 0 Å². The molecule has 1 aromatic heterocycles. The predicted molar refractivity (Wildman–Crippen MR) is 90.2 cm³/mol. The van der Waals surface area contributed by atoms with E-state index in [0.29, 0.717) is 10.0 Å². The first-order valence-electron chi connectivity index (χ1n) is 6.46. The Hall–Kier alpha value is -1.90. The molecule has 0 aliphatic heterocycles. The van der Waals surface area contributed by atoms with Crippen LogP contribution in [0.2, 0.25) is 10.0 Å². The Morgan fingerprint density at radius 2 is 1.76 bits per heavy atom. The summed E-state index contributed by atoms with van der Waals surface area (Å²) in [6, 6.07) is 13.4. The van der Waals surface area contributed by atoms with Crippen LogP contribution in [0.25, 0.3) is 23.1 Å². The van der Waals surface area contributed by atoms with Crippen LogP contribution < -0.4 is 4.74 Å². The Morgan fingerprint density at radius 1 is 1.00 bits per heavy atom. The van der Waals surface area contributed by atoms with Gasteiger partial charge in [-0.25, -0.2) is 0 Å². The molecule has 2 nitrogen and oxygen atoms in total. The van der Waals surface area contributed by atoms with Gasteiger partial charge in [0.2, 0.25) is 0 Å². The SMILES string of the molecule is COc1ccc2[nH]c(/C=C/c3c(Cl)cccc3Cl)cc2c1. The number of ether oxygens (including phenoxy) is 1. The molecule has 0 fully saturated rings. The largest absolute Gasteiger partial charge is 0.497 e. The molecule has 0 amide bonds. The van der Waals surface area contributed by atoms with E-state index in [9.17, 15) is 0 Å². The molecule has 3 rings (SSSR count). The van der Waals surface area contributed by atoms with Gasteiger partial charge in [0.25, 0.3) is 0 Å². The minimum Gasteiger partial charge on any atom is -0.497 e. The van der Waals surface area contributed by atoms with Crippen molar-refractivity contribution in [1.82, 2.24) is 4.98 Å². The summed E-state index contributed by atoms with van der Waals surface area (Å²) in [7, 11) is 1.66. The van der Waals surface area contributed by atoms with Crippen molar-refractivity contribution < 1.29 is 4.74 Å². The number of hydrogen-bond acceptors (Lipinski definition) is 1. The lowest BCUT2D eigenvalue weighted by molar-refractivity contribution is 0.415. The number of hydrogen-bond donors (Lipinski definition) is 1. The number of aromatic nitrogens is 1. The number of benzene rings is 2. The van der Waals surface area contributed by atoms with Gasteiger partial charge in [0.1, 0.15) is 5.75 Å². The molecule has 0 atom stereocenters. The molecule has 3 aromatic rings. The molecule has 0 spiro atoms. The number of aromatic amines is 1. The van der Waals surface area contributed by atoms with Gasteiger partial charge in [0.15, 0.2) is 0 Å². The lowest BCUT2D eigenvalue weighted by atomic mass is 10.2. The third kappa shape index (κ3) is 2.92. The van der Waals surface area contributed by atoms with Crippen molar-refractivity contribution >= 4 is 46.3 Å². The first kappa shape index (κ1) is 14.1. The standard InChI is InChI=1S/C17H13Cl2NO/c1-21-13-6-8-17-11(10-13)9-12(20-17)5-7-14-15(18)3-2-4-16(14)19/h2-10,20H,1H3/b7-5+. The van der Waals surface area contributed by atoms with E-state index in [0.717, 1.165) is 27.9 Å². The van der Waals surface area contributed by atoms with Crippen molar-refractivity contribution in [3.8, 4) is 5.75 Å². The van der Waals surface area contributed by atoms with E-state index in [2.05, 4.69) is 11.1 Å². The molecule has 0 aliphatic rings. The van der Waals surface area contributed by atoms with Crippen LogP contribution in [0.1, 0.15) is 11.3 Å². The summed E-state index contributed by atoms with van der Waals surface area (Å²) >= 11 is 12.3. The molecule has 0 unspecified atom stereocenters. The maximum absolute atomic E-state index is 6.15.